The van der Waals surface area contributed by atoms with E-state index in [4.69, 9.17) is 14.0 Å². The number of sulfonamides is 1. The van der Waals surface area contributed by atoms with Crippen LogP contribution < -0.4 is 14.8 Å². The number of methoxy groups -OCH3 is 2. The summed E-state index contributed by atoms with van der Waals surface area (Å²) >= 11 is 0. The molecular weight excluding hydrogens is 460 g/mol. The smallest absolute Gasteiger partial charge is 0.251 e. The number of hydrogen-bond acceptors (Lipinski definition) is 8. The molecule has 1 amide bonds. The molecule has 0 bridgehead atoms. The Morgan fingerprint density at radius 3 is 2.56 bits per heavy atom. The number of nitrogens with one attached hydrogen (secondary N) is 1. The summed E-state index contributed by atoms with van der Waals surface area (Å²) in [5.74, 6) is 1.24. The minimum absolute atomic E-state index is 0.0543. The summed E-state index contributed by atoms with van der Waals surface area (Å²) in [6.45, 7) is 0.524. The second-order valence-corrected chi connectivity index (χ2v) is 10.9. The predicted octanol–water partition coefficient (Wildman–Crippen LogP) is 3.21. The zero-order chi connectivity index (χ0) is 24.1. The Labute approximate surface area is 200 Å². The maximum atomic E-state index is 13.4. The normalized spacial score (nSPS) is 20.1. The summed E-state index contributed by atoms with van der Waals surface area (Å²) < 4.78 is 44.2. The highest BCUT2D eigenvalue weighted by Crippen LogP contribution is 2.36. The molecule has 2 fully saturated rings. The molecule has 1 saturated heterocycles. The van der Waals surface area contributed by atoms with Crippen LogP contribution in [-0.4, -0.2) is 54.8 Å². The van der Waals surface area contributed by atoms with E-state index in [1.54, 1.807) is 22.5 Å². The summed E-state index contributed by atoms with van der Waals surface area (Å²) in [5.41, 5.74) is 0.401. The van der Waals surface area contributed by atoms with E-state index in [9.17, 15) is 13.2 Å². The van der Waals surface area contributed by atoms with Crippen molar-refractivity contribution in [1.82, 2.24) is 19.8 Å². The van der Waals surface area contributed by atoms with E-state index in [0.29, 0.717) is 48.7 Å². The molecule has 1 aliphatic heterocycles. The minimum Gasteiger partial charge on any atom is -0.493 e. The summed E-state index contributed by atoms with van der Waals surface area (Å²) in [5, 5.41) is 6.41. The number of aromatic nitrogens is 2. The van der Waals surface area contributed by atoms with Gasteiger partial charge in [-0.3, -0.25) is 4.79 Å². The van der Waals surface area contributed by atoms with Gasteiger partial charge in [0.1, 0.15) is 6.04 Å². The molecule has 1 aromatic heterocycles. The molecule has 1 N–H and O–H groups in total. The Kier molecular flexibility index (Phi) is 7.72. The number of carbonyl (C=O) groups is 1. The zero-order valence-electron chi connectivity index (χ0n) is 19.7. The first-order chi connectivity index (χ1) is 16.4. The topological polar surface area (TPSA) is 124 Å². The van der Waals surface area contributed by atoms with Gasteiger partial charge in [-0.15, -0.1) is 0 Å². The summed E-state index contributed by atoms with van der Waals surface area (Å²) in [6.07, 6.45) is 6.79. The number of nitrogens with zero attached hydrogens (tertiary/aromatic N) is 3. The lowest BCUT2D eigenvalue weighted by Crippen LogP contribution is -2.44. The fraction of sp³-hybridized carbons (Fsp3) is 0.609. The van der Waals surface area contributed by atoms with Gasteiger partial charge in [0.05, 0.1) is 26.0 Å². The quantitative estimate of drug-likeness (QED) is 0.596. The van der Waals surface area contributed by atoms with Gasteiger partial charge in [0, 0.05) is 12.1 Å². The molecule has 2 heterocycles. The van der Waals surface area contributed by atoms with Crippen molar-refractivity contribution in [3.05, 3.63) is 35.5 Å². The number of rotatable bonds is 8. The third-order valence-corrected chi connectivity index (χ3v) is 8.98. The third kappa shape index (κ3) is 5.20. The highest BCUT2D eigenvalue weighted by Gasteiger charge is 2.41. The van der Waals surface area contributed by atoms with Crippen LogP contribution in [0, 0.1) is 0 Å². The van der Waals surface area contributed by atoms with Gasteiger partial charge in [-0.1, -0.05) is 30.8 Å². The molecule has 1 atom stereocenters. The van der Waals surface area contributed by atoms with E-state index in [-0.39, 0.29) is 23.6 Å². The van der Waals surface area contributed by atoms with Gasteiger partial charge in [-0.05, 0) is 43.9 Å². The summed E-state index contributed by atoms with van der Waals surface area (Å²) in [6, 6.07) is 4.42. The molecule has 186 valence electrons. The van der Waals surface area contributed by atoms with Gasteiger partial charge in [-0.2, -0.15) is 9.29 Å². The SMILES string of the molecule is COc1ccc(C(=O)NCc2noc(C3CCCCN3S(=O)(=O)C3CCCCC3)n2)cc1OC. The minimum atomic E-state index is -3.43. The van der Waals surface area contributed by atoms with Crippen molar-refractivity contribution >= 4 is 15.9 Å². The van der Waals surface area contributed by atoms with Crippen molar-refractivity contribution in [2.24, 2.45) is 0 Å². The number of ether oxygens (including phenoxy) is 2. The highest BCUT2D eigenvalue weighted by molar-refractivity contribution is 7.89. The number of amides is 1. The Hall–Kier alpha value is -2.66. The molecule has 0 radical (unpaired) electrons. The Bertz CT molecular complexity index is 1100. The molecule has 2 aromatic rings. The van der Waals surface area contributed by atoms with Crippen LogP contribution in [0.15, 0.2) is 22.7 Å². The molecule has 2 aliphatic rings. The van der Waals surface area contributed by atoms with E-state index < -0.39 is 16.1 Å². The second-order valence-electron chi connectivity index (χ2n) is 8.73. The first-order valence-electron chi connectivity index (χ1n) is 11.8. The Morgan fingerprint density at radius 2 is 1.82 bits per heavy atom. The maximum Gasteiger partial charge on any atom is 0.251 e. The lowest BCUT2D eigenvalue weighted by molar-refractivity contribution is 0.0949. The molecule has 34 heavy (non-hydrogen) atoms. The summed E-state index contributed by atoms with van der Waals surface area (Å²) in [7, 11) is -0.403. The van der Waals surface area contributed by atoms with Gasteiger partial charge in [0.15, 0.2) is 17.3 Å². The van der Waals surface area contributed by atoms with Crippen LogP contribution in [0.2, 0.25) is 0 Å². The van der Waals surface area contributed by atoms with Crippen molar-refractivity contribution in [2.75, 3.05) is 20.8 Å². The van der Waals surface area contributed by atoms with Gasteiger partial charge in [0.25, 0.3) is 5.91 Å². The Morgan fingerprint density at radius 1 is 1.09 bits per heavy atom. The lowest BCUT2D eigenvalue weighted by atomic mass is 10.0. The Balaban J connectivity index is 1.43. The van der Waals surface area contributed by atoms with Crippen LogP contribution in [0.1, 0.15) is 79.5 Å². The van der Waals surface area contributed by atoms with Crippen LogP contribution in [0.4, 0.5) is 0 Å². The number of benzene rings is 1. The van der Waals surface area contributed by atoms with E-state index in [2.05, 4.69) is 15.5 Å². The maximum absolute atomic E-state index is 13.4. The van der Waals surface area contributed by atoms with Gasteiger partial charge in [0.2, 0.25) is 15.9 Å². The molecular formula is C23H32N4O6S. The van der Waals surface area contributed by atoms with Crippen LogP contribution in [0.3, 0.4) is 0 Å². The van der Waals surface area contributed by atoms with E-state index in [1.807, 2.05) is 0 Å². The van der Waals surface area contributed by atoms with Gasteiger partial charge < -0.3 is 19.3 Å². The molecule has 11 heteroatoms. The largest absolute Gasteiger partial charge is 0.493 e. The average Bonchev–Trinajstić information content (AvgIpc) is 3.36. The monoisotopic (exact) mass is 492 g/mol. The molecule has 0 spiro atoms. The lowest BCUT2D eigenvalue weighted by Gasteiger charge is -2.36. The first-order valence-corrected chi connectivity index (χ1v) is 13.3. The first kappa shape index (κ1) is 24.5. The molecule has 1 saturated carbocycles. The van der Waals surface area contributed by atoms with E-state index >= 15 is 0 Å². The number of carbonyl (C=O) groups excluding carboxylic acids is 1. The third-order valence-electron chi connectivity index (χ3n) is 6.58. The zero-order valence-corrected chi connectivity index (χ0v) is 20.5. The van der Waals surface area contributed by atoms with Crippen molar-refractivity contribution < 1.29 is 27.2 Å². The molecule has 1 unspecified atom stereocenters. The van der Waals surface area contributed by atoms with Crippen LogP contribution in [-0.2, 0) is 16.6 Å². The average molecular weight is 493 g/mol. The van der Waals surface area contributed by atoms with Crippen LogP contribution in [0.25, 0.3) is 0 Å². The highest BCUT2D eigenvalue weighted by atomic mass is 32.2. The van der Waals surface area contributed by atoms with E-state index in [1.165, 1.54) is 14.2 Å². The summed E-state index contributed by atoms with van der Waals surface area (Å²) in [4.78, 5) is 17.0. The molecule has 1 aliphatic carbocycles. The van der Waals surface area contributed by atoms with Gasteiger partial charge in [-0.25, -0.2) is 8.42 Å². The molecule has 10 nitrogen and oxygen atoms in total. The molecule has 4 rings (SSSR count). The van der Waals surface area contributed by atoms with Crippen molar-refractivity contribution in [1.29, 1.82) is 0 Å². The fourth-order valence-electron chi connectivity index (χ4n) is 4.72. The molecule has 1 aromatic carbocycles. The van der Waals surface area contributed by atoms with Crippen molar-refractivity contribution in [3.63, 3.8) is 0 Å². The van der Waals surface area contributed by atoms with E-state index in [0.717, 1.165) is 32.1 Å². The number of piperidine rings is 1. The van der Waals surface area contributed by atoms with Crippen molar-refractivity contribution in [3.8, 4) is 11.5 Å². The standard InChI is InChI=1S/C23H32N4O6S/c1-31-19-12-11-16(14-20(19)32-2)22(28)24-15-21-25-23(33-26-21)18-10-6-7-13-27(18)34(29,30)17-8-4-3-5-9-17/h11-12,14,17-18H,3-10,13,15H2,1-2H3,(H,24,28). The number of hydrogen-bond donors (Lipinski definition) is 1. The predicted molar refractivity (Wildman–Crippen MR) is 124 cm³/mol. The fourth-order valence-corrected chi connectivity index (χ4v) is 6.97. The van der Waals surface area contributed by atoms with Crippen LogP contribution >= 0.6 is 0 Å². The van der Waals surface area contributed by atoms with Crippen molar-refractivity contribution in [2.45, 2.75) is 69.2 Å². The van der Waals surface area contributed by atoms with Gasteiger partial charge >= 0.3 is 0 Å². The second kappa shape index (κ2) is 10.7. The van der Waals surface area contributed by atoms with Crippen LogP contribution in [0.5, 0.6) is 11.5 Å².